The van der Waals surface area contributed by atoms with Crippen molar-refractivity contribution in [1.82, 2.24) is 9.80 Å². The van der Waals surface area contributed by atoms with E-state index in [0.29, 0.717) is 44.2 Å². The largest absolute Gasteiger partial charge is 0.454 e. The van der Waals surface area contributed by atoms with Crippen molar-refractivity contribution in [3.63, 3.8) is 0 Å². The first-order chi connectivity index (χ1) is 15.2. The van der Waals surface area contributed by atoms with E-state index in [2.05, 4.69) is 0 Å². The number of nitrogens with zero attached hydrogens (tertiary/aromatic N) is 2. The van der Waals surface area contributed by atoms with Gasteiger partial charge in [0.05, 0.1) is 19.7 Å². The summed E-state index contributed by atoms with van der Waals surface area (Å²) in [6.45, 7) is 7.95. The Labute approximate surface area is 193 Å². The quantitative estimate of drug-likeness (QED) is 0.538. The van der Waals surface area contributed by atoms with Crippen LogP contribution in [0.25, 0.3) is 0 Å². The number of thiophene rings is 1. The summed E-state index contributed by atoms with van der Waals surface area (Å²) in [6.07, 6.45) is 0.372. The number of carbonyl (C=O) groups is 2. The average Bonchev–Trinajstić information content (AvgIpc) is 3.40. The van der Waals surface area contributed by atoms with Gasteiger partial charge in [-0.25, -0.2) is 0 Å². The van der Waals surface area contributed by atoms with Crippen molar-refractivity contribution in [2.24, 2.45) is 5.41 Å². The minimum Gasteiger partial charge on any atom is -0.454 e. The average molecular weight is 461 g/mol. The maximum Gasteiger partial charge on any atom is 0.242 e. The van der Waals surface area contributed by atoms with Crippen molar-refractivity contribution in [1.29, 1.82) is 0 Å². The highest BCUT2D eigenvalue weighted by atomic mass is 32.1. The van der Waals surface area contributed by atoms with Crippen LogP contribution in [0, 0.1) is 5.41 Å². The number of carbonyl (C=O) groups excluding carboxylic acids is 2. The van der Waals surface area contributed by atoms with E-state index >= 15 is 0 Å². The zero-order valence-electron chi connectivity index (χ0n) is 19.3. The molecular weight excluding hydrogens is 428 g/mol. The van der Waals surface area contributed by atoms with Gasteiger partial charge in [0.15, 0.2) is 11.5 Å². The van der Waals surface area contributed by atoms with E-state index in [4.69, 9.17) is 14.2 Å². The summed E-state index contributed by atoms with van der Waals surface area (Å²) >= 11 is 1.61. The summed E-state index contributed by atoms with van der Waals surface area (Å²) in [5, 5.41) is 2.00. The van der Waals surface area contributed by atoms with Crippen molar-refractivity contribution >= 4 is 23.2 Å². The fourth-order valence-corrected chi connectivity index (χ4v) is 4.12. The Balaban J connectivity index is 1.75. The molecule has 0 spiro atoms. The van der Waals surface area contributed by atoms with Gasteiger partial charge in [0.25, 0.3) is 0 Å². The molecule has 0 saturated carbocycles. The molecule has 0 radical (unpaired) electrons. The fraction of sp³-hybridized carbons (Fsp3) is 0.500. The maximum absolute atomic E-state index is 13.4. The highest BCUT2D eigenvalue weighted by molar-refractivity contribution is 7.09. The van der Waals surface area contributed by atoms with Gasteiger partial charge in [0.2, 0.25) is 18.6 Å². The van der Waals surface area contributed by atoms with E-state index in [-0.39, 0.29) is 30.6 Å². The first-order valence-electron chi connectivity index (χ1n) is 10.7. The molecular formula is C24H32N2O5S. The number of hydrogen-bond donors (Lipinski definition) is 0. The van der Waals surface area contributed by atoms with Crippen molar-refractivity contribution in [2.75, 3.05) is 33.6 Å². The van der Waals surface area contributed by atoms with Crippen LogP contribution in [0.4, 0.5) is 0 Å². The van der Waals surface area contributed by atoms with E-state index in [1.54, 1.807) is 28.2 Å². The molecule has 174 valence electrons. The van der Waals surface area contributed by atoms with E-state index in [1.807, 2.05) is 56.5 Å². The van der Waals surface area contributed by atoms with Crippen molar-refractivity contribution < 1.29 is 23.8 Å². The Bertz CT molecular complexity index is 908. The van der Waals surface area contributed by atoms with E-state index in [9.17, 15) is 9.59 Å². The molecule has 0 bridgehead atoms. The fourth-order valence-electron chi connectivity index (χ4n) is 3.40. The Hall–Kier alpha value is -2.58. The Kier molecular flexibility index (Phi) is 8.15. The third-order valence-electron chi connectivity index (χ3n) is 5.02. The number of benzene rings is 1. The van der Waals surface area contributed by atoms with Crippen LogP contribution in [0.2, 0.25) is 0 Å². The van der Waals surface area contributed by atoms with Gasteiger partial charge in [-0.1, -0.05) is 32.9 Å². The summed E-state index contributed by atoms with van der Waals surface area (Å²) in [5.74, 6) is 1.26. The number of rotatable bonds is 10. The van der Waals surface area contributed by atoms with Gasteiger partial charge in [-0.2, -0.15) is 0 Å². The van der Waals surface area contributed by atoms with Crippen LogP contribution in [0.15, 0.2) is 35.7 Å². The normalized spacial score (nSPS) is 12.6. The lowest BCUT2D eigenvalue weighted by Crippen LogP contribution is -2.44. The van der Waals surface area contributed by atoms with Crippen LogP contribution in [0.1, 0.15) is 37.6 Å². The number of fused-ring (bicyclic) bond motifs is 1. The topological polar surface area (TPSA) is 68.3 Å². The van der Waals surface area contributed by atoms with Gasteiger partial charge in [-0.15, -0.1) is 11.3 Å². The lowest BCUT2D eigenvalue weighted by Gasteiger charge is -2.29. The Morgan fingerprint density at radius 1 is 1.06 bits per heavy atom. The molecule has 0 unspecified atom stereocenters. The maximum atomic E-state index is 13.4. The number of amides is 2. The second kappa shape index (κ2) is 10.8. The van der Waals surface area contributed by atoms with E-state index in [1.165, 1.54) is 0 Å². The van der Waals surface area contributed by atoms with E-state index < -0.39 is 0 Å². The van der Waals surface area contributed by atoms with Gasteiger partial charge in [0.1, 0.15) is 0 Å². The van der Waals surface area contributed by atoms with Crippen LogP contribution in [-0.4, -0.2) is 55.2 Å². The summed E-state index contributed by atoms with van der Waals surface area (Å²) in [4.78, 5) is 30.8. The van der Waals surface area contributed by atoms with Crippen molar-refractivity contribution in [3.8, 4) is 11.5 Å². The monoisotopic (exact) mass is 460 g/mol. The van der Waals surface area contributed by atoms with Crippen molar-refractivity contribution in [3.05, 3.63) is 46.2 Å². The molecule has 1 aromatic heterocycles. The molecule has 0 aliphatic carbocycles. The SMILES string of the molecule is COCCN(CC(=O)N(Cc1ccc2c(c1)OCO2)Cc1cccs1)C(=O)CC(C)(C)C. The number of hydrogen-bond acceptors (Lipinski definition) is 6. The van der Waals surface area contributed by atoms with E-state index in [0.717, 1.165) is 10.4 Å². The zero-order chi connectivity index (χ0) is 23.1. The number of ether oxygens (including phenoxy) is 3. The molecule has 2 heterocycles. The molecule has 0 N–H and O–H groups in total. The summed E-state index contributed by atoms with van der Waals surface area (Å²) in [7, 11) is 1.59. The summed E-state index contributed by atoms with van der Waals surface area (Å²) < 4.78 is 16.0. The first kappa shape index (κ1) is 24.1. The molecule has 0 atom stereocenters. The Morgan fingerprint density at radius 2 is 1.84 bits per heavy atom. The lowest BCUT2D eigenvalue weighted by atomic mass is 9.91. The van der Waals surface area contributed by atoms with Crippen LogP contribution in [-0.2, 0) is 27.4 Å². The molecule has 32 heavy (non-hydrogen) atoms. The lowest BCUT2D eigenvalue weighted by molar-refractivity contribution is -0.142. The van der Waals surface area contributed by atoms with Crippen molar-refractivity contribution in [2.45, 2.75) is 40.3 Å². The van der Waals surface area contributed by atoms with Crippen LogP contribution in [0.3, 0.4) is 0 Å². The van der Waals surface area contributed by atoms with Gasteiger partial charge in [0, 0.05) is 31.5 Å². The third kappa shape index (κ3) is 6.97. The predicted molar refractivity (Wildman–Crippen MR) is 124 cm³/mol. The Morgan fingerprint density at radius 3 is 2.53 bits per heavy atom. The molecule has 2 amide bonds. The predicted octanol–water partition coefficient (Wildman–Crippen LogP) is 3.92. The van der Waals surface area contributed by atoms with Gasteiger partial charge < -0.3 is 24.0 Å². The second-order valence-corrected chi connectivity index (χ2v) is 10.1. The molecule has 1 aliphatic rings. The second-order valence-electron chi connectivity index (χ2n) is 9.06. The molecule has 1 aliphatic heterocycles. The van der Waals surface area contributed by atoms with Gasteiger partial charge in [-0.05, 0) is 34.6 Å². The molecule has 0 saturated heterocycles. The highest BCUT2D eigenvalue weighted by Crippen LogP contribution is 2.33. The van der Waals surface area contributed by atoms with Gasteiger partial charge in [-0.3, -0.25) is 9.59 Å². The van der Waals surface area contributed by atoms with Crippen LogP contribution < -0.4 is 9.47 Å². The molecule has 8 heteroatoms. The first-order valence-corrected chi connectivity index (χ1v) is 11.6. The smallest absolute Gasteiger partial charge is 0.242 e. The molecule has 1 aromatic carbocycles. The minimum absolute atomic E-state index is 0.0220. The highest BCUT2D eigenvalue weighted by Gasteiger charge is 2.25. The number of methoxy groups -OCH3 is 1. The molecule has 0 fully saturated rings. The molecule has 7 nitrogen and oxygen atoms in total. The molecule has 2 aromatic rings. The third-order valence-corrected chi connectivity index (χ3v) is 5.88. The minimum atomic E-state index is -0.158. The standard InChI is InChI=1S/C24H32N2O5S/c1-24(2,3)13-22(27)25(9-10-29-4)16-23(28)26(15-19-6-5-11-32-19)14-18-7-8-20-21(12-18)31-17-30-20/h5-8,11-12H,9-10,13-17H2,1-4H3. The zero-order valence-corrected chi connectivity index (χ0v) is 20.1. The van der Waals surface area contributed by atoms with Gasteiger partial charge >= 0.3 is 0 Å². The summed E-state index contributed by atoms with van der Waals surface area (Å²) in [5.41, 5.74) is 0.790. The van der Waals surface area contributed by atoms with Crippen LogP contribution >= 0.6 is 11.3 Å². The summed E-state index contributed by atoms with van der Waals surface area (Å²) in [6, 6.07) is 9.70. The van der Waals surface area contributed by atoms with Crippen LogP contribution in [0.5, 0.6) is 11.5 Å². The molecule has 3 rings (SSSR count).